The molecule has 3 heterocycles. The first-order valence-corrected chi connectivity index (χ1v) is 20.0. The highest BCUT2D eigenvalue weighted by atomic mass is 19.1. The number of anilines is 2. The Morgan fingerprint density at radius 3 is 2.53 bits per heavy atom. The van der Waals surface area contributed by atoms with Gasteiger partial charge >= 0.3 is 6.03 Å². The molecule has 7 rings (SSSR count). The molecule has 2 aromatic heterocycles. The summed E-state index contributed by atoms with van der Waals surface area (Å²) >= 11 is 0. The maximum Gasteiger partial charge on any atom is 0.328 e. The van der Waals surface area contributed by atoms with Gasteiger partial charge in [-0.15, -0.1) is 0 Å². The van der Waals surface area contributed by atoms with E-state index >= 15 is 4.39 Å². The Morgan fingerprint density at radius 1 is 1.00 bits per heavy atom. The van der Waals surface area contributed by atoms with E-state index < -0.39 is 29.2 Å². The Kier molecular flexibility index (Phi) is 12.7. The summed E-state index contributed by atoms with van der Waals surface area (Å²) in [7, 11) is 2.00. The SMILES string of the molecule is Cc1c(NC(=O)c2ccc(C(C)(C)O)cc2F)cc(F)cc1-c1ncnc2[nH]c(-c3ccc(CN(C)CCCNC(=O)COc4cccc(N5CCC(=O)NC5=O)c4)cc3)cc12. The Labute approximate surface area is 356 Å². The van der Waals surface area contributed by atoms with E-state index in [4.69, 9.17) is 4.74 Å². The number of carbonyl (C=O) groups excluding carboxylic acids is 4. The monoisotopic (exact) mass is 844 g/mol. The lowest BCUT2D eigenvalue weighted by molar-refractivity contribution is -0.123. The van der Waals surface area contributed by atoms with Crippen LogP contribution in [0.1, 0.15) is 53.7 Å². The normalized spacial score (nSPS) is 13.1. The van der Waals surface area contributed by atoms with E-state index in [-0.39, 0.29) is 42.6 Å². The quantitative estimate of drug-likeness (QED) is 0.0693. The molecule has 0 unspecified atom stereocenters. The Bertz CT molecular complexity index is 2660. The van der Waals surface area contributed by atoms with Crippen LogP contribution < -0.4 is 25.6 Å². The number of ether oxygens (including phenoxy) is 1. The number of H-pyrrole nitrogens is 1. The highest BCUT2D eigenvalue weighted by Gasteiger charge is 2.25. The first kappa shape index (κ1) is 43.1. The zero-order chi connectivity index (χ0) is 44.1. The number of hydrogen-bond acceptors (Lipinski definition) is 9. The van der Waals surface area contributed by atoms with Crippen molar-refractivity contribution in [2.24, 2.45) is 0 Å². The third-order valence-corrected chi connectivity index (χ3v) is 10.5. The minimum atomic E-state index is -1.30. The first-order chi connectivity index (χ1) is 29.6. The molecule has 1 fully saturated rings. The Morgan fingerprint density at radius 2 is 1.79 bits per heavy atom. The Balaban J connectivity index is 0.922. The van der Waals surface area contributed by atoms with Gasteiger partial charge in [-0.3, -0.25) is 24.6 Å². The van der Waals surface area contributed by atoms with E-state index in [1.165, 1.54) is 49.3 Å². The highest BCUT2D eigenvalue weighted by molar-refractivity contribution is 6.06. The summed E-state index contributed by atoms with van der Waals surface area (Å²) in [6.45, 7) is 6.70. The van der Waals surface area contributed by atoms with Crippen LogP contribution in [0.4, 0.5) is 25.0 Å². The molecule has 14 nitrogen and oxygen atoms in total. The number of benzene rings is 4. The number of aromatic amines is 1. The van der Waals surface area contributed by atoms with Gasteiger partial charge in [-0.25, -0.2) is 23.5 Å². The lowest BCUT2D eigenvalue weighted by Crippen LogP contribution is -2.49. The van der Waals surface area contributed by atoms with Crippen molar-refractivity contribution >= 4 is 46.2 Å². The van der Waals surface area contributed by atoms with Gasteiger partial charge in [0.25, 0.3) is 11.8 Å². The smallest absolute Gasteiger partial charge is 0.328 e. The molecule has 5 amide bonds. The van der Waals surface area contributed by atoms with Crippen molar-refractivity contribution in [3.63, 3.8) is 0 Å². The van der Waals surface area contributed by atoms with Crippen LogP contribution in [-0.4, -0.2) is 82.0 Å². The summed E-state index contributed by atoms with van der Waals surface area (Å²) in [5.41, 5.74) is 4.16. The number of aliphatic hydroxyl groups is 1. The molecular weight excluding hydrogens is 799 g/mol. The van der Waals surface area contributed by atoms with E-state index in [0.29, 0.717) is 64.4 Å². The van der Waals surface area contributed by atoms with Gasteiger partial charge in [0, 0.05) is 60.1 Å². The van der Waals surface area contributed by atoms with Crippen LogP contribution in [0.25, 0.3) is 33.5 Å². The molecule has 0 radical (unpaired) electrons. The molecule has 0 atom stereocenters. The van der Waals surface area contributed by atoms with Gasteiger partial charge in [0.05, 0.1) is 16.9 Å². The number of amides is 5. The number of imide groups is 1. The molecule has 62 heavy (non-hydrogen) atoms. The summed E-state index contributed by atoms with van der Waals surface area (Å²) in [5, 5.41) is 18.7. The maximum absolute atomic E-state index is 15.1. The fourth-order valence-corrected chi connectivity index (χ4v) is 7.14. The number of carbonyl (C=O) groups is 4. The third kappa shape index (κ3) is 10.1. The van der Waals surface area contributed by atoms with Crippen molar-refractivity contribution in [2.45, 2.75) is 45.8 Å². The lowest BCUT2D eigenvalue weighted by atomic mass is 9.96. The number of urea groups is 1. The number of nitrogens with one attached hydrogen (secondary N) is 4. The molecule has 1 aliphatic rings. The molecule has 1 saturated heterocycles. The topological polar surface area (TPSA) is 182 Å². The van der Waals surface area contributed by atoms with Gasteiger partial charge in [-0.1, -0.05) is 36.4 Å². The third-order valence-electron chi connectivity index (χ3n) is 10.5. The minimum Gasteiger partial charge on any atom is -0.484 e. The molecule has 0 saturated carbocycles. The van der Waals surface area contributed by atoms with Crippen LogP contribution in [0.5, 0.6) is 5.75 Å². The van der Waals surface area contributed by atoms with Gasteiger partial charge in [0.2, 0.25) is 5.91 Å². The summed E-state index contributed by atoms with van der Waals surface area (Å²) in [6.07, 6.45) is 2.30. The lowest BCUT2D eigenvalue weighted by Gasteiger charge is -2.26. The number of fused-ring (bicyclic) bond motifs is 1. The summed E-state index contributed by atoms with van der Waals surface area (Å²) in [4.78, 5) is 65.1. The zero-order valence-corrected chi connectivity index (χ0v) is 34.6. The van der Waals surface area contributed by atoms with Crippen molar-refractivity contribution in [1.82, 2.24) is 30.5 Å². The van der Waals surface area contributed by atoms with E-state index in [1.807, 2.05) is 37.4 Å². The standard InChI is InChI=1S/C46H46F2N8O6/c1-27-35(20-31(47)21-38(27)53-44(59)34-14-13-30(19-37(34)48)46(2,3)61)42-36-23-39(52-43(36)51-26-50-42)29-11-9-28(10-12-29)24-55(4)17-6-16-49-41(58)25-62-33-8-5-7-32(22-33)56-18-15-40(57)54-45(56)60/h5,7-14,19-23,26,61H,6,15-18,24-25H2,1-4H3,(H,49,58)(H,53,59)(H,50,51,52)(H,54,57,60). The zero-order valence-electron chi connectivity index (χ0n) is 34.6. The van der Waals surface area contributed by atoms with Crippen LogP contribution in [0.15, 0.2) is 91.3 Å². The van der Waals surface area contributed by atoms with Crippen molar-refractivity contribution in [2.75, 3.05) is 43.5 Å². The molecule has 1 aliphatic heterocycles. The van der Waals surface area contributed by atoms with Gasteiger partial charge in [0.1, 0.15) is 29.4 Å². The molecule has 0 aliphatic carbocycles. The van der Waals surface area contributed by atoms with Crippen molar-refractivity contribution < 1.29 is 37.8 Å². The molecular formula is C46H46F2N8O6. The average molecular weight is 845 g/mol. The number of halogens is 2. The molecule has 4 aromatic carbocycles. The Hall–Kier alpha value is -7.04. The van der Waals surface area contributed by atoms with Crippen LogP contribution in [0.3, 0.4) is 0 Å². The molecule has 6 aromatic rings. The first-order valence-electron chi connectivity index (χ1n) is 20.0. The predicted octanol–water partition coefficient (Wildman–Crippen LogP) is 6.82. The van der Waals surface area contributed by atoms with Crippen molar-refractivity contribution in [3.8, 4) is 28.3 Å². The maximum atomic E-state index is 15.1. The number of nitrogens with zero attached hydrogens (tertiary/aromatic N) is 4. The van der Waals surface area contributed by atoms with E-state index in [0.717, 1.165) is 29.4 Å². The van der Waals surface area contributed by atoms with Gasteiger partial charge in [0.15, 0.2) is 6.61 Å². The second-order valence-corrected chi connectivity index (χ2v) is 15.7. The van der Waals surface area contributed by atoms with Gasteiger partial charge < -0.3 is 30.4 Å². The fraction of sp³-hybridized carbons (Fsp3) is 0.261. The predicted molar refractivity (Wildman–Crippen MR) is 230 cm³/mol. The van der Waals surface area contributed by atoms with Crippen LogP contribution in [0, 0.1) is 18.6 Å². The highest BCUT2D eigenvalue weighted by Crippen LogP contribution is 2.35. The molecule has 16 heteroatoms. The second-order valence-electron chi connectivity index (χ2n) is 15.7. The van der Waals surface area contributed by atoms with E-state index in [9.17, 15) is 28.7 Å². The molecule has 320 valence electrons. The number of rotatable bonds is 15. The van der Waals surface area contributed by atoms with Crippen LogP contribution in [-0.2, 0) is 21.7 Å². The van der Waals surface area contributed by atoms with Crippen molar-refractivity contribution in [1.29, 1.82) is 0 Å². The van der Waals surface area contributed by atoms with Gasteiger partial charge in [-0.05, 0) is 106 Å². The summed E-state index contributed by atoms with van der Waals surface area (Å²) in [5.74, 6) is -2.36. The minimum absolute atomic E-state index is 0.153. The fourth-order valence-electron chi connectivity index (χ4n) is 7.14. The van der Waals surface area contributed by atoms with E-state index in [2.05, 4.69) is 35.8 Å². The second kappa shape index (κ2) is 18.3. The average Bonchev–Trinajstić information content (AvgIpc) is 3.68. The molecule has 0 bridgehead atoms. The summed E-state index contributed by atoms with van der Waals surface area (Å²) < 4.78 is 35.7. The summed E-state index contributed by atoms with van der Waals surface area (Å²) in [6, 6.07) is 22.6. The number of hydrogen-bond donors (Lipinski definition) is 5. The molecule has 5 N–H and O–H groups in total. The van der Waals surface area contributed by atoms with Gasteiger partial charge in [-0.2, -0.15) is 0 Å². The molecule has 0 spiro atoms. The van der Waals surface area contributed by atoms with Crippen molar-refractivity contribution in [3.05, 3.63) is 125 Å². The van der Waals surface area contributed by atoms with Crippen LogP contribution in [0.2, 0.25) is 0 Å². The largest absolute Gasteiger partial charge is 0.484 e. The van der Waals surface area contributed by atoms with Crippen LogP contribution >= 0.6 is 0 Å². The number of aromatic nitrogens is 3. The van der Waals surface area contributed by atoms with E-state index in [1.54, 1.807) is 31.2 Å².